The standard InChI is InChI=1S/C26H33N7O2/c1-3-4-15-31-22-23(29-26(31)30-14-5-7-20(27)12-17-30)32-16-6-13-28-25(32)33(24(22)34)18-19-8-10-21(35-2)11-9-19/h8-11,20H,5-7,12-18,27H2,1-2H3/t20-/m1/s1. The molecule has 0 aliphatic carbocycles. The average Bonchev–Trinajstić information content (AvgIpc) is 3.13. The summed E-state index contributed by atoms with van der Waals surface area (Å²) in [6.45, 7) is 5.83. The predicted octanol–water partition coefficient (Wildman–Crippen LogP) is 2.45. The molecule has 0 spiro atoms. The van der Waals surface area contributed by atoms with Crippen molar-refractivity contribution in [1.82, 2.24) is 14.5 Å². The van der Waals surface area contributed by atoms with Gasteiger partial charge in [0, 0.05) is 32.2 Å². The maximum Gasteiger partial charge on any atom is 0.281 e. The Kier molecular flexibility index (Phi) is 6.64. The van der Waals surface area contributed by atoms with Crippen molar-refractivity contribution in [2.24, 2.45) is 10.7 Å². The summed E-state index contributed by atoms with van der Waals surface area (Å²) in [6.07, 6.45) is 3.84. The highest BCUT2D eigenvalue weighted by Crippen LogP contribution is 2.35. The van der Waals surface area contributed by atoms with Gasteiger partial charge in [-0.1, -0.05) is 18.1 Å². The Morgan fingerprint density at radius 3 is 2.74 bits per heavy atom. The predicted molar refractivity (Wildman–Crippen MR) is 137 cm³/mol. The molecular weight excluding hydrogens is 442 g/mol. The minimum Gasteiger partial charge on any atom is -0.497 e. The molecule has 0 radical (unpaired) electrons. The Bertz CT molecular complexity index is 1170. The van der Waals surface area contributed by atoms with E-state index in [4.69, 9.17) is 20.4 Å². The molecule has 2 N–H and O–H groups in total. The number of nitrogens with zero attached hydrogens (tertiary/aromatic N) is 6. The number of nitrogens with two attached hydrogens (primary N) is 1. The summed E-state index contributed by atoms with van der Waals surface area (Å²) in [5.41, 5.74) is 7.84. The first-order valence-corrected chi connectivity index (χ1v) is 12.4. The molecule has 9 nitrogen and oxygen atoms in total. The molecule has 184 valence electrons. The van der Waals surface area contributed by atoms with Crippen LogP contribution in [-0.2, 0) is 13.1 Å². The van der Waals surface area contributed by atoms with Crippen LogP contribution in [0.3, 0.4) is 0 Å². The summed E-state index contributed by atoms with van der Waals surface area (Å²) in [4.78, 5) is 30.0. The minimum absolute atomic E-state index is 0.0871. The first kappa shape index (κ1) is 23.2. The number of fused-ring (bicyclic) bond motifs is 3. The van der Waals surface area contributed by atoms with Crippen LogP contribution in [-0.4, -0.2) is 65.6 Å². The first-order valence-electron chi connectivity index (χ1n) is 12.4. The van der Waals surface area contributed by atoms with E-state index in [2.05, 4.69) is 21.6 Å². The fourth-order valence-electron chi connectivity index (χ4n) is 5.00. The van der Waals surface area contributed by atoms with E-state index in [9.17, 15) is 4.79 Å². The molecule has 35 heavy (non-hydrogen) atoms. The van der Waals surface area contributed by atoms with E-state index in [1.54, 1.807) is 12.0 Å². The van der Waals surface area contributed by atoms with Gasteiger partial charge in [0.15, 0.2) is 11.5 Å². The molecule has 3 aliphatic heterocycles. The van der Waals surface area contributed by atoms with Gasteiger partial charge in [0.1, 0.15) is 5.75 Å². The van der Waals surface area contributed by atoms with Crippen molar-refractivity contribution in [2.45, 2.75) is 51.7 Å². The molecule has 1 amide bonds. The van der Waals surface area contributed by atoms with Gasteiger partial charge in [-0.2, -0.15) is 4.98 Å². The quantitative estimate of drug-likeness (QED) is 0.668. The lowest BCUT2D eigenvalue weighted by Gasteiger charge is -2.38. The molecule has 2 aromatic rings. The van der Waals surface area contributed by atoms with Crippen molar-refractivity contribution < 1.29 is 9.53 Å². The van der Waals surface area contributed by atoms with Crippen LogP contribution in [0.4, 0.5) is 11.8 Å². The summed E-state index contributed by atoms with van der Waals surface area (Å²) in [5, 5.41) is 0. The molecule has 1 fully saturated rings. The number of aromatic nitrogens is 2. The highest BCUT2D eigenvalue weighted by Gasteiger charge is 2.41. The number of aliphatic imine (C=N–C) groups is 1. The molecule has 1 atom stereocenters. The largest absolute Gasteiger partial charge is 0.497 e. The number of guanidine groups is 1. The number of amides is 1. The number of hydrogen-bond donors (Lipinski definition) is 1. The van der Waals surface area contributed by atoms with Crippen molar-refractivity contribution in [3.63, 3.8) is 0 Å². The van der Waals surface area contributed by atoms with Gasteiger partial charge < -0.3 is 15.4 Å². The third kappa shape index (κ3) is 4.46. The molecular formula is C26H33N7O2. The lowest BCUT2D eigenvalue weighted by molar-refractivity contribution is 0.0821. The molecule has 9 heteroatoms. The number of imidazole rings is 1. The number of benzene rings is 1. The van der Waals surface area contributed by atoms with E-state index in [0.717, 1.165) is 62.6 Å². The minimum atomic E-state index is -0.0871. The number of methoxy groups -OCH3 is 1. The van der Waals surface area contributed by atoms with Crippen molar-refractivity contribution in [2.75, 3.05) is 43.1 Å². The van der Waals surface area contributed by atoms with Gasteiger partial charge in [-0.15, -0.1) is 5.92 Å². The molecule has 5 rings (SSSR count). The summed E-state index contributed by atoms with van der Waals surface area (Å²) >= 11 is 0. The maximum absolute atomic E-state index is 14.0. The highest BCUT2D eigenvalue weighted by molar-refractivity contribution is 6.17. The topological polar surface area (TPSA) is 92.2 Å². The van der Waals surface area contributed by atoms with E-state index in [-0.39, 0.29) is 11.9 Å². The van der Waals surface area contributed by atoms with Crippen molar-refractivity contribution >= 4 is 23.6 Å². The van der Waals surface area contributed by atoms with Crippen LogP contribution in [0, 0.1) is 11.8 Å². The van der Waals surface area contributed by atoms with Gasteiger partial charge >= 0.3 is 0 Å². The maximum atomic E-state index is 14.0. The lowest BCUT2D eigenvalue weighted by Crippen LogP contribution is -2.54. The van der Waals surface area contributed by atoms with Crippen molar-refractivity contribution in [1.29, 1.82) is 0 Å². The van der Waals surface area contributed by atoms with E-state index in [0.29, 0.717) is 37.1 Å². The van der Waals surface area contributed by atoms with Crippen LogP contribution in [0.2, 0.25) is 0 Å². The zero-order valence-electron chi connectivity index (χ0n) is 20.5. The Hall–Kier alpha value is -3.51. The molecule has 1 aromatic heterocycles. The molecule has 0 unspecified atom stereocenters. The smallest absolute Gasteiger partial charge is 0.281 e. The molecule has 1 saturated heterocycles. The molecule has 0 saturated carbocycles. The highest BCUT2D eigenvalue weighted by atomic mass is 16.5. The number of anilines is 2. The Balaban J connectivity index is 1.57. The normalized spacial score (nSPS) is 19.9. The van der Waals surface area contributed by atoms with E-state index < -0.39 is 0 Å². The van der Waals surface area contributed by atoms with Gasteiger partial charge in [-0.3, -0.25) is 24.2 Å². The second-order valence-corrected chi connectivity index (χ2v) is 9.20. The van der Waals surface area contributed by atoms with Gasteiger partial charge in [0.2, 0.25) is 11.9 Å². The number of carbonyl (C=O) groups excluding carboxylic acids is 1. The average molecular weight is 476 g/mol. The van der Waals surface area contributed by atoms with Crippen LogP contribution < -0.4 is 20.3 Å². The van der Waals surface area contributed by atoms with Crippen LogP contribution in [0.5, 0.6) is 5.75 Å². The van der Waals surface area contributed by atoms with Gasteiger partial charge in [0.05, 0.1) is 20.2 Å². The summed E-state index contributed by atoms with van der Waals surface area (Å²) in [5.74, 6) is 9.03. The Morgan fingerprint density at radius 1 is 1.14 bits per heavy atom. The first-order chi connectivity index (χ1) is 17.1. The Labute approximate surface area is 206 Å². The second kappa shape index (κ2) is 10.0. The third-order valence-corrected chi connectivity index (χ3v) is 6.88. The van der Waals surface area contributed by atoms with Crippen molar-refractivity contribution in [3.05, 3.63) is 35.5 Å². The van der Waals surface area contributed by atoms with Crippen LogP contribution in [0.1, 0.15) is 48.7 Å². The number of hydrogen-bond acceptors (Lipinski definition) is 7. The third-order valence-electron chi connectivity index (χ3n) is 6.88. The van der Waals surface area contributed by atoms with Crippen LogP contribution in [0.15, 0.2) is 29.3 Å². The summed E-state index contributed by atoms with van der Waals surface area (Å²) < 4.78 is 7.29. The van der Waals surface area contributed by atoms with Gasteiger partial charge in [0.25, 0.3) is 5.91 Å². The molecule has 0 bridgehead atoms. The zero-order valence-corrected chi connectivity index (χ0v) is 20.5. The molecule has 3 aliphatic rings. The van der Waals surface area contributed by atoms with Gasteiger partial charge in [-0.25, -0.2) is 0 Å². The number of carbonyl (C=O) groups is 1. The Morgan fingerprint density at radius 2 is 1.97 bits per heavy atom. The number of rotatable bonds is 5. The zero-order chi connectivity index (χ0) is 24.4. The van der Waals surface area contributed by atoms with E-state index in [1.165, 1.54) is 0 Å². The second-order valence-electron chi connectivity index (χ2n) is 9.20. The van der Waals surface area contributed by atoms with E-state index in [1.807, 2.05) is 35.8 Å². The summed E-state index contributed by atoms with van der Waals surface area (Å²) in [6, 6.07) is 8.01. The van der Waals surface area contributed by atoms with E-state index >= 15 is 0 Å². The number of ether oxygens (including phenoxy) is 1. The van der Waals surface area contributed by atoms with Crippen LogP contribution in [0.25, 0.3) is 0 Å². The monoisotopic (exact) mass is 475 g/mol. The fourth-order valence-corrected chi connectivity index (χ4v) is 5.00. The van der Waals surface area contributed by atoms with Crippen molar-refractivity contribution in [3.8, 4) is 17.6 Å². The lowest BCUT2D eigenvalue weighted by atomic mass is 10.1. The SMILES string of the molecule is CC#CCn1c(N2CCC[C@@H](N)CC2)nc2c1C(=O)N(Cc1ccc(OC)cc1)C1=NCCCN12. The fraction of sp³-hybridized carbons (Fsp3) is 0.500. The van der Waals surface area contributed by atoms with Gasteiger partial charge in [-0.05, 0) is 50.3 Å². The molecule has 1 aromatic carbocycles. The summed E-state index contributed by atoms with van der Waals surface area (Å²) in [7, 11) is 1.65. The molecule has 4 heterocycles. The van der Waals surface area contributed by atoms with Crippen LogP contribution >= 0.6 is 0 Å².